The Balaban J connectivity index is 1.74. The zero-order valence-corrected chi connectivity index (χ0v) is 13.5. The fraction of sp³-hybridized carbons (Fsp3) is 0.643. The van der Waals surface area contributed by atoms with Crippen LogP contribution in [0, 0.1) is 11.3 Å². The fourth-order valence-corrected chi connectivity index (χ4v) is 3.31. The quantitative estimate of drug-likeness (QED) is 0.791. The summed E-state index contributed by atoms with van der Waals surface area (Å²) in [7, 11) is 0. The van der Waals surface area contributed by atoms with Crippen LogP contribution in [0.15, 0.2) is 6.20 Å². The maximum absolute atomic E-state index is 8.73. The Labute approximate surface area is 128 Å². The molecule has 0 spiro atoms. The second-order valence-electron chi connectivity index (χ2n) is 6.41. The van der Waals surface area contributed by atoms with Crippen LogP contribution >= 0.6 is 11.3 Å². The first-order chi connectivity index (χ1) is 9.97. The molecule has 1 fully saturated rings. The summed E-state index contributed by atoms with van der Waals surface area (Å²) in [4.78, 5) is 10.1. The SMILES string of the molecule is CC(C)(C)c1cn2nc(N3CCN(CC#N)CC3)sc2n1. The number of aromatic nitrogens is 3. The van der Waals surface area contributed by atoms with Gasteiger partial charge in [-0.1, -0.05) is 32.1 Å². The van der Waals surface area contributed by atoms with E-state index in [0.717, 1.165) is 42.0 Å². The molecule has 0 aromatic carbocycles. The van der Waals surface area contributed by atoms with Crippen molar-refractivity contribution < 1.29 is 0 Å². The highest BCUT2D eigenvalue weighted by Crippen LogP contribution is 2.27. The van der Waals surface area contributed by atoms with Crippen LogP contribution < -0.4 is 4.90 Å². The molecule has 3 rings (SSSR count). The lowest BCUT2D eigenvalue weighted by molar-refractivity contribution is 0.287. The highest BCUT2D eigenvalue weighted by atomic mass is 32.1. The molecule has 0 amide bonds. The summed E-state index contributed by atoms with van der Waals surface area (Å²) in [6.07, 6.45) is 2.03. The molecule has 1 saturated heterocycles. The zero-order chi connectivity index (χ0) is 15.0. The fourth-order valence-electron chi connectivity index (χ4n) is 2.38. The molecular formula is C14H20N6S. The van der Waals surface area contributed by atoms with Crippen LogP contribution in [0.1, 0.15) is 26.5 Å². The van der Waals surface area contributed by atoms with E-state index >= 15 is 0 Å². The molecule has 0 saturated carbocycles. The van der Waals surface area contributed by atoms with E-state index in [0.29, 0.717) is 6.54 Å². The lowest BCUT2D eigenvalue weighted by Crippen LogP contribution is -2.46. The molecule has 21 heavy (non-hydrogen) atoms. The van der Waals surface area contributed by atoms with E-state index in [1.54, 1.807) is 11.3 Å². The molecule has 0 bridgehead atoms. The minimum absolute atomic E-state index is 0.0521. The van der Waals surface area contributed by atoms with Gasteiger partial charge in [0.25, 0.3) is 0 Å². The summed E-state index contributed by atoms with van der Waals surface area (Å²) in [6, 6.07) is 2.21. The molecule has 2 aromatic rings. The third-order valence-electron chi connectivity index (χ3n) is 3.74. The van der Waals surface area contributed by atoms with Gasteiger partial charge in [-0.3, -0.25) is 4.90 Å². The minimum atomic E-state index is 0.0521. The number of nitriles is 1. The minimum Gasteiger partial charge on any atom is -0.344 e. The average molecular weight is 304 g/mol. The van der Waals surface area contributed by atoms with Crippen molar-refractivity contribution in [1.29, 1.82) is 5.26 Å². The molecule has 6 nitrogen and oxygen atoms in total. The molecule has 0 N–H and O–H groups in total. The van der Waals surface area contributed by atoms with Crippen molar-refractivity contribution in [2.75, 3.05) is 37.6 Å². The van der Waals surface area contributed by atoms with Crippen molar-refractivity contribution in [2.24, 2.45) is 0 Å². The Kier molecular flexibility index (Phi) is 3.59. The normalized spacial score (nSPS) is 17.3. The molecule has 2 aromatic heterocycles. The monoisotopic (exact) mass is 304 g/mol. The van der Waals surface area contributed by atoms with Gasteiger partial charge in [0.2, 0.25) is 10.1 Å². The van der Waals surface area contributed by atoms with Gasteiger partial charge in [0, 0.05) is 31.6 Å². The topological polar surface area (TPSA) is 60.5 Å². The second kappa shape index (κ2) is 5.28. The smallest absolute Gasteiger partial charge is 0.214 e. The first-order valence-electron chi connectivity index (χ1n) is 7.18. The molecule has 3 heterocycles. The third kappa shape index (κ3) is 2.87. The van der Waals surface area contributed by atoms with Gasteiger partial charge < -0.3 is 4.90 Å². The lowest BCUT2D eigenvalue weighted by Gasteiger charge is -2.32. The van der Waals surface area contributed by atoms with Crippen LogP contribution in [-0.2, 0) is 5.41 Å². The van der Waals surface area contributed by atoms with E-state index < -0.39 is 0 Å². The maximum Gasteiger partial charge on any atom is 0.214 e. The van der Waals surface area contributed by atoms with Crippen molar-refractivity contribution in [3.63, 3.8) is 0 Å². The van der Waals surface area contributed by atoms with Gasteiger partial charge in [-0.25, -0.2) is 9.50 Å². The van der Waals surface area contributed by atoms with Gasteiger partial charge >= 0.3 is 0 Å². The summed E-state index contributed by atoms with van der Waals surface area (Å²) < 4.78 is 1.89. The number of imidazole rings is 1. The van der Waals surface area contributed by atoms with Crippen LogP contribution in [0.25, 0.3) is 4.96 Å². The number of hydrogen-bond acceptors (Lipinski definition) is 6. The Bertz CT molecular complexity index is 634. The second-order valence-corrected chi connectivity index (χ2v) is 7.34. The summed E-state index contributed by atoms with van der Waals surface area (Å²) in [5.41, 5.74) is 1.13. The van der Waals surface area contributed by atoms with Crippen LogP contribution in [0.4, 0.5) is 5.13 Å². The van der Waals surface area contributed by atoms with Crippen LogP contribution in [0.5, 0.6) is 0 Å². The standard InChI is InChI=1S/C14H20N6S/c1-14(2,3)11-10-20-12(16-11)21-13(17-20)19-8-6-18(5-4-15)7-9-19/h10H,5-9H2,1-3H3. The molecule has 0 radical (unpaired) electrons. The summed E-state index contributed by atoms with van der Waals surface area (Å²) in [6.45, 7) is 10.7. The number of fused-ring (bicyclic) bond motifs is 1. The number of anilines is 1. The van der Waals surface area contributed by atoms with E-state index in [4.69, 9.17) is 5.26 Å². The first kappa shape index (κ1) is 14.3. The Morgan fingerprint density at radius 2 is 2.00 bits per heavy atom. The third-order valence-corrected chi connectivity index (χ3v) is 4.72. The highest BCUT2D eigenvalue weighted by molar-refractivity contribution is 7.20. The van der Waals surface area contributed by atoms with Crippen molar-refractivity contribution in [3.05, 3.63) is 11.9 Å². The number of rotatable bonds is 2. The van der Waals surface area contributed by atoms with E-state index in [9.17, 15) is 0 Å². The molecule has 112 valence electrons. The van der Waals surface area contributed by atoms with Crippen molar-refractivity contribution in [2.45, 2.75) is 26.2 Å². The molecule has 1 aliphatic heterocycles. The van der Waals surface area contributed by atoms with E-state index in [2.05, 4.69) is 46.7 Å². The van der Waals surface area contributed by atoms with Gasteiger partial charge in [0.05, 0.1) is 24.5 Å². The molecule has 0 unspecified atom stereocenters. The lowest BCUT2D eigenvalue weighted by atomic mass is 9.93. The van der Waals surface area contributed by atoms with E-state index in [-0.39, 0.29) is 5.41 Å². The Morgan fingerprint density at radius 1 is 1.29 bits per heavy atom. The van der Waals surface area contributed by atoms with Gasteiger partial charge in [-0.05, 0) is 0 Å². The van der Waals surface area contributed by atoms with Crippen molar-refractivity contribution in [3.8, 4) is 6.07 Å². The molecule has 0 aliphatic carbocycles. The zero-order valence-electron chi connectivity index (χ0n) is 12.7. The average Bonchev–Trinajstić information content (AvgIpc) is 2.97. The van der Waals surface area contributed by atoms with Crippen LogP contribution in [-0.4, -0.2) is 52.2 Å². The predicted molar refractivity (Wildman–Crippen MR) is 83.8 cm³/mol. The Hall–Kier alpha value is -1.65. The predicted octanol–water partition coefficient (Wildman–Crippen LogP) is 1.73. The number of nitrogens with zero attached hydrogens (tertiary/aromatic N) is 6. The van der Waals surface area contributed by atoms with Gasteiger partial charge in [-0.2, -0.15) is 5.26 Å². The molecule has 0 atom stereocenters. The van der Waals surface area contributed by atoms with Crippen LogP contribution in [0.3, 0.4) is 0 Å². The van der Waals surface area contributed by atoms with Gasteiger partial charge in [0.1, 0.15) is 0 Å². The molecule has 1 aliphatic rings. The van der Waals surface area contributed by atoms with Gasteiger partial charge in [0.15, 0.2) is 0 Å². The highest BCUT2D eigenvalue weighted by Gasteiger charge is 2.22. The molecule has 7 heteroatoms. The van der Waals surface area contributed by atoms with Crippen molar-refractivity contribution >= 4 is 21.4 Å². The maximum atomic E-state index is 8.73. The first-order valence-corrected chi connectivity index (χ1v) is 8.00. The van der Waals surface area contributed by atoms with Crippen LogP contribution in [0.2, 0.25) is 0 Å². The van der Waals surface area contributed by atoms with E-state index in [1.165, 1.54) is 0 Å². The summed E-state index contributed by atoms with van der Waals surface area (Å²) >= 11 is 1.64. The Morgan fingerprint density at radius 3 is 2.57 bits per heavy atom. The number of piperazine rings is 1. The summed E-state index contributed by atoms with van der Waals surface area (Å²) in [5.74, 6) is 0. The van der Waals surface area contributed by atoms with E-state index in [1.807, 2.05) is 10.7 Å². The van der Waals surface area contributed by atoms with Gasteiger partial charge in [-0.15, -0.1) is 5.10 Å². The number of hydrogen-bond donors (Lipinski definition) is 0. The largest absolute Gasteiger partial charge is 0.344 e. The van der Waals surface area contributed by atoms with Crippen molar-refractivity contribution in [1.82, 2.24) is 19.5 Å². The molecular weight excluding hydrogens is 284 g/mol. The summed E-state index contributed by atoms with van der Waals surface area (Å²) in [5, 5.41) is 14.4.